The minimum absolute atomic E-state index is 0.267. The van der Waals surface area contributed by atoms with E-state index in [0.29, 0.717) is 28.8 Å². The van der Waals surface area contributed by atoms with Gasteiger partial charge in [0, 0.05) is 35.3 Å². The number of carbonyl (C=O) groups is 1. The van der Waals surface area contributed by atoms with E-state index in [-0.39, 0.29) is 17.4 Å². The molecule has 0 atom stereocenters. The average molecular weight is 465 g/mol. The minimum Gasteiger partial charge on any atom is -0.497 e. The van der Waals surface area contributed by atoms with Crippen LogP contribution in [0.3, 0.4) is 0 Å². The lowest BCUT2D eigenvalue weighted by Crippen LogP contribution is -2.19. The monoisotopic (exact) mass is 464 g/mol. The highest BCUT2D eigenvalue weighted by atomic mass is 35.5. The number of halogens is 2. The summed E-state index contributed by atoms with van der Waals surface area (Å²) in [5, 5.41) is 3.47. The lowest BCUT2D eigenvalue weighted by atomic mass is 10.3. The van der Waals surface area contributed by atoms with Gasteiger partial charge in [-0.1, -0.05) is 11.6 Å². The Labute approximate surface area is 196 Å². The normalized spacial score (nSPS) is 10.7. The second-order valence-electron chi connectivity index (χ2n) is 7.40. The topological polar surface area (TPSA) is 59.4 Å². The highest BCUT2D eigenvalue weighted by Crippen LogP contribution is 2.21. The Kier molecular flexibility index (Phi) is 6.60. The first kappa shape index (κ1) is 22.4. The molecule has 0 aliphatic rings. The molecule has 0 spiro atoms. The standard InChI is InChI=1S/C25H22ClFN4O2/c1-30(20-11-5-18(27)6-12-20)16-24-29-23(15-31(24)21-9-3-17(26)4-10-21)25(32)28-19-7-13-22(33-2)14-8-19/h3-15H,16H2,1-2H3,(H,28,32). The molecule has 0 saturated heterocycles. The van der Waals surface area contributed by atoms with Crippen molar-refractivity contribution in [2.24, 2.45) is 0 Å². The van der Waals surface area contributed by atoms with E-state index in [4.69, 9.17) is 16.3 Å². The SMILES string of the molecule is COc1ccc(NC(=O)c2cn(-c3ccc(Cl)cc3)c(CN(C)c3ccc(F)cc3)n2)cc1. The molecular formula is C25H22ClFN4O2. The van der Waals surface area contributed by atoms with Crippen molar-refractivity contribution in [3.05, 3.63) is 101 Å². The van der Waals surface area contributed by atoms with E-state index >= 15 is 0 Å². The van der Waals surface area contributed by atoms with Gasteiger partial charge in [-0.3, -0.25) is 4.79 Å². The first-order valence-electron chi connectivity index (χ1n) is 10.2. The van der Waals surface area contributed by atoms with Gasteiger partial charge < -0.3 is 19.5 Å². The lowest BCUT2D eigenvalue weighted by molar-refractivity contribution is 0.102. The molecule has 1 N–H and O–H groups in total. The molecular weight excluding hydrogens is 443 g/mol. The molecule has 0 aliphatic heterocycles. The second kappa shape index (κ2) is 9.75. The van der Waals surface area contributed by atoms with Crippen LogP contribution in [0.1, 0.15) is 16.3 Å². The third-order valence-corrected chi connectivity index (χ3v) is 5.36. The summed E-state index contributed by atoms with van der Waals surface area (Å²) in [7, 11) is 3.46. The Bertz CT molecular complexity index is 1240. The van der Waals surface area contributed by atoms with E-state index in [0.717, 1.165) is 11.4 Å². The molecule has 8 heteroatoms. The van der Waals surface area contributed by atoms with Crippen LogP contribution in [0.4, 0.5) is 15.8 Å². The molecule has 1 heterocycles. The summed E-state index contributed by atoms with van der Waals surface area (Å²) in [6.07, 6.45) is 1.69. The number of anilines is 2. The van der Waals surface area contributed by atoms with Crippen molar-refractivity contribution in [2.45, 2.75) is 6.54 Å². The van der Waals surface area contributed by atoms with Gasteiger partial charge in [0.25, 0.3) is 5.91 Å². The van der Waals surface area contributed by atoms with E-state index in [1.165, 1.54) is 12.1 Å². The van der Waals surface area contributed by atoms with Gasteiger partial charge >= 0.3 is 0 Å². The molecule has 33 heavy (non-hydrogen) atoms. The molecule has 4 aromatic rings. The van der Waals surface area contributed by atoms with Crippen molar-refractivity contribution in [1.82, 2.24) is 9.55 Å². The lowest BCUT2D eigenvalue weighted by Gasteiger charge is -2.19. The zero-order chi connectivity index (χ0) is 23.4. The van der Waals surface area contributed by atoms with Gasteiger partial charge in [-0.15, -0.1) is 0 Å². The maximum Gasteiger partial charge on any atom is 0.275 e. The minimum atomic E-state index is -0.335. The highest BCUT2D eigenvalue weighted by Gasteiger charge is 2.17. The number of ether oxygens (including phenoxy) is 1. The summed E-state index contributed by atoms with van der Waals surface area (Å²) in [5.74, 6) is 0.709. The van der Waals surface area contributed by atoms with Crippen LogP contribution in [0, 0.1) is 5.82 Å². The summed E-state index contributed by atoms with van der Waals surface area (Å²) in [5.41, 5.74) is 2.54. The molecule has 0 bridgehead atoms. The molecule has 3 aromatic carbocycles. The Balaban J connectivity index is 1.63. The van der Waals surface area contributed by atoms with E-state index < -0.39 is 0 Å². The molecule has 0 aliphatic carbocycles. The van der Waals surface area contributed by atoms with E-state index in [1.54, 1.807) is 61.8 Å². The number of aromatic nitrogens is 2. The third-order valence-electron chi connectivity index (χ3n) is 5.11. The molecule has 0 saturated carbocycles. The fraction of sp³-hybridized carbons (Fsp3) is 0.120. The number of nitrogens with one attached hydrogen (secondary N) is 1. The van der Waals surface area contributed by atoms with E-state index in [2.05, 4.69) is 10.3 Å². The predicted molar refractivity (Wildman–Crippen MR) is 128 cm³/mol. The molecule has 0 radical (unpaired) electrons. The van der Waals surface area contributed by atoms with Gasteiger partial charge in [-0.2, -0.15) is 0 Å². The van der Waals surface area contributed by atoms with Gasteiger partial charge in [-0.05, 0) is 72.8 Å². The third kappa shape index (κ3) is 5.32. The molecule has 4 rings (SSSR count). The summed E-state index contributed by atoms with van der Waals surface area (Å²) in [6.45, 7) is 0.393. The summed E-state index contributed by atoms with van der Waals surface area (Å²) < 4.78 is 20.3. The van der Waals surface area contributed by atoms with Gasteiger partial charge in [0.1, 0.15) is 23.1 Å². The molecule has 1 aromatic heterocycles. The van der Waals surface area contributed by atoms with Crippen molar-refractivity contribution >= 4 is 28.9 Å². The maximum atomic E-state index is 13.3. The first-order valence-corrected chi connectivity index (χ1v) is 10.6. The van der Waals surface area contributed by atoms with Gasteiger partial charge in [0.15, 0.2) is 0 Å². The van der Waals surface area contributed by atoms with Crippen LogP contribution in [0.2, 0.25) is 5.02 Å². The van der Waals surface area contributed by atoms with Crippen molar-refractivity contribution < 1.29 is 13.9 Å². The number of hydrogen-bond donors (Lipinski definition) is 1. The number of benzene rings is 3. The van der Waals surface area contributed by atoms with Crippen molar-refractivity contribution in [3.8, 4) is 11.4 Å². The Morgan fingerprint density at radius 3 is 2.36 bits per heavy atom. The second-order valence-corrected chi connectivity index (χ2v) is 7.84. The maximum absolute atomic E-state index is 13.3. The average Bonchev–Trinajstić information content (AvgIpc) is 3.24. The van der Waals surface area contributed by atoms with Crippen LogP contribution in [0.25, 0.3) is 5.69 Å². The zero-order valence-electron chi connectivity index (χ0n) is 18.1. The Hall–Kier alpha value is -3.84. The van der Waals surface area contributed by atoms with Crippen LogP contribution >= 0.6 is 11.6 Å². The number of carbonyl (C=O) groups excluding carboxylic acids is 1. The van der Waals surface area contributed by atoms with Crippen LogP contribution in [-0.2, 0) is 6.54 Å². The smallest absolute Gasteiger partial charge is 0.275 e. The van der Waals surface area contributed by atoms with Crippen LogP contribution < -0.4 is 15.0 Å². The summed E-state index contributed by atoms with van der Waals surface area (Å²) in [4.78, 5) is 19.4. The fourth-order valence-electron chi connectivity index (χ4n) is 3.33. The van der Waals surface area contributed by atoms with Crippen LogP contribution in [-0.4, -0.2) is 29.6 Å². The number of rotatable bonds is 7. The predicted octanol–water partition coefficient (Wildman–Crippen LogP) is 5.56. The molecule has 0 fully saturated rings. The van der Waals surface area contributed by atoms with Crippen molar-refractivity contribution in [1.29, 1.82) is 0 Å². The van der Waals surface area contributed by atoms with Crippen LogP contribution in [0.15, 0.2) is 79.0 Å². The molecule has 0 unspecified atom stereocenters. The van der Waals surface area contributed by atoms with Crippen molar-refractivity contribution in [3.63, 3.8) is 0 Å². The molecule has 168 valence electrons. The molecule has 1 amide bonds. The Morgan fingerprint density at radius 1 is 1.06 bits per heavy atom. The summed E-state index contributed by atoms with van der Waals surface area (Å²) >= 11 is 6.05. The summed E-state index contributed by atoms with van der Waals surface area (Å²) in [6, 6.07) is 20.5. The first-order chi connectivity index (χ1) is 15.9. The van der Waals surface area contributed by atoms with Gasteiger partial charge in [-0.25, -0.2) is 9.37 Å². The fourth-order valence-corrected chi connectivity index (χ4v) is 3.46. The van der Waals surface area contributed by atoms with E-state index in [9.17, 15) is 9.18 Å². The van der Waals surface area contributed by atoms with Gasteiger partial charge in [0.05, 0.1) is 13.7 Å². The molecule has 6 nitrogen and oxygen atoms in total. The number of hydrogen-bond acceptors (Lipinski definition) is 4. The number of imidazole rings is 1. The highest BCUT2D eigenvalue weighted by molar-refractivity contribution is 6.30. The largest absolute Gasteiger partial charge is 0.497 e. The Morgan fingerprint density at radius 2 is 1.73 bits per heavy atom. The number of amides is 1. The van der Waals surface area contributed by atoms with Crippen molar-refractivity contribution in [2.75, 3.05) is 24.4 Å². The van der Waals surface area contributed by atoms with E-state index in [1.807, 2.05) is 28.6 Å². The number of methoxy groups -OCH3 is 1. The van der Waals surface area contributed by atoms with Gasteiger partial charge in [0.2, 0.25) is 0 Å². The quantitative estimate of drug-likeness (QED) is 0.389. The van der Waals surface area contributed by atoms with Crippen LogP contribution in [0.5, 0.6) is 5.75 Å². The number of nitrogens with zero attached hydrogens (tertiary/aromatic N) is 3. The zero-order valence-corrected chi connectivity index (χ0v) is 18.9.